The number of anilines is 1. The van der Waals surface area contributed by atoms with Gasteiger partial charge in [-0.1, -0.05) is 26.2 Å². The molecule has 0 spiro atoms. The van der Waals surface area contributed by atoms with Gasteiger partial charge in [-0.25, -0.2) is 4.68 Å². The molecule has 0 bridgehead atoms. The third-order valence-electron chi connectivity index (χ3n) is 4.21. The van der Waals surface area contributed by atoms with Gasteiger partial charge in [0, 0.05) is 13.2 Å². The topological polar surface area (TPSA) is 56.1 Å². The quantitative estimate of drug-likeness (QED) is 0.849. The number of nitrogens with zero attached hydrogens (tertiary/aromatic N) is 2. The van der Waals surface area contributed by atoms with Gasteiger partial charge in [-0.15, -0.1) is 0 Å². The fraction of sp³-hybridized carbons (Fsp3) is 0.733. The van der Waals surface area contributed by atoms with E-state index in [1.54, 1.807) is 13.3 Å². The van der Waals surface area contributed by atoms with Crippen LogP contribution in [0.2, 0.25) is 0 Å². The van der Waals surface area contributed by atoms with Gasteiger partial charge in [-0.05, 0) is 34.7 Å². The molecule has 2 rings (SSSR count). The summed E-state index contributed by atoms with van der Waals surface area (Å²) in [6.07, 6.45) is 7.89. The van der Waals surface area contributed by atoms with Crippen LogP contribution in [0.5, 0.6) is 0 Å². The van der Waals surface area contributed by atoms with Gasteiger partial charge >= 0.3 is 0 Å². The molecule has 0 radical (unpaired) electrons. The molecule has 1 aromatic rings. The first-order valence-corrected chi connectivity index (χ1v) is 8.46. The van der Waals surface area contributed by atoms with Crippen LogP contribution in [0.4, 0.5) is 5.69 Å². The first-order valence-electron chi connectivity index (χ1n) is 7.66. The second kappa shape index (κ2) is 7.94. The SMILES string of the molecule is CCC1CCCC(Nc2cnn(CCOC)c(=O)c2Br)C1. The minimum Gasteiger partial charge on any atom is -0.383 e. The van der Waals surface area contributed by atoms with Gasteiger partial charge in [0.25, 0.3) is 5.56 Å². The Balaban J connectivity index is 2.06. The second-order valence-electron chi connectivity index (χ2n) is 5.68. The van der Waals surface area contributed by atoms with Gasteiger partial charge in [0.1, 0.15) is 4.47 Å². The van der Waals surface area contributed by atoms with Crippen molar-refractivity contribution in [3.63, 3.8) is 0 Å². The lowest BCUT2D eigenvalue weighted by Crippen LogP contribution is -2.30. The smallest absolute Gasteiger partial charge is 0.283 e. The molecule has 6 heteroatoms. The zero-order valence-corrected chi connectivity index (χ0v) is 14.4. The summed E-state index contributed by atoms with van der Waals surface area (Å²) in [5.41, 5.74) is 0.690. The Morgan fingerprint density at radius 2 is 2.33 bits per heavy atom. The van der Waals surface area contributed by atoms with Gasteiger partial charge in [0.15, 0.2) is 0 Å². The van der Waals surface area contributed by atoms with Gasteiger partial charge in [-0.3, -0.25) is 4.79 Å². The molecule has 2 unspecified atom stereocenters. The highest BCUT2D eigenvalue weighted by Gasteiger charge is 2.21. The molecule has 1 aliphatic carbocycles. The molecule has 2 atom stereocenters. The normalized spacial score (nSPS) is 22.2. The van der Waals surface area contributed by atoms with E-state index in [1.807, 2.05) is 0 Å². The molecule has 0 saturated heterocycles. The van der Waals surface area contributed by atoms with Gasteiger partial charge in [-0.2, -0.15) is 5.10 Å². The highest BCUT2D eigenvalue weighted by Crippen LogP contribution is 2.29. The maximum Gasteiger partial charge on any atom is 0.283 e. The first kappa shape index (κ1) is 16.5. The Morgan fingerprint density at radius 3 is 3.05 bits per heavy atom. The summed E-state index contributed by atoms with van der Waals surface area (Å²) >= 11 is 3.41. The Bertz CT molecular complexity index is 518. The van der Waals surface area contributed by atoms with Crippen LogP contribution in [-0.4, -0.2) is 29.5 Å². The fourth-order valence-electron chi connectivity index (χ4n) is 2.92. The van der Waals surface area contributed by atoms with Crippen molar-refractivity contribution in [2.45, 2.75) is 51.6 Å². The van der Waals surface area contributed by atoms with Crippen LogP contribution >= 0.6 is 15.9 Å². The third-order valence-corrected chi connectivity index (χ3v) is 4.98. The standard InChI is InChI=1S/C15H24BrN3O2/c1-3-11-5-4-6-12(9-11)18-13-10-17-19(7-8-21-2)15(20)14(13)16/h10-12,18H,3-9H2,1-2H3. The van der Waals surface area contributed by atoms with E-state index in [9.17, 15) is 4.79 Å². The molecule has 1 aromatic heterocycles. The van der Waals surface area contributed by atoms with Crippen LogP contribution in [-0.2, 0) is 11.3 Å². The van der Waals surface area contributed by atoms with Crippen LogP contribution in [0.15, 0.2) is 15.5 Å². The number of halogens is 1. The summed E-state index contributed by atoms with van der Waals surface area (Å²) in [6.45, 7) is 3.20. The zero-order valence-electron chi connectivity index (χ0n) is 12.8. The summed E-state index contributed by atoms with van der Waals surface area (Å²) in [7, 11) is 1.61. The van der Waals surface area contributed by atoms with Crippen LogP contribution in [0.1, 0.15) is 39.0 Å². The molecule has 1 saturated carbocycles. The molecule has 21 heavy (non-hydrogen) atoms. The molecule has 5 nitrogen and oxygen atoms in total. The molecular weight excluding hydrogens is 334 g/mol. The molecule has 1 heterocycles. The Morgan fingerprint density at radius 1 is 1.52 bits per heavy atom. The Kier molecular flexibility index (Phi) is 6.23. The maximum absolute atomic E-state index is 12.2. The molecular formula is C15H24BrN3O2. The van der Waals surface area contributed by atoms with Crippen LogP contribution < -0.4 is 10.9 Å². The largest absolute Gasteiger partial charge is 0.383 e. The molecule has 1 aliphatic rings. The number of rotatable bonds is 6. The number of aromatic nitrogens is 2. The van der Waals surface area contributed by atoms with Crippen LogP contribution in [0.25, 0.3) is 0 Å². The van der Waals surface area contributed by atoms with Crippen molar-refractivity contribution in [2.75, 3.05) is 19.0 Å². The molecule has 0 amide bonds. The summed E-state index contributed by atoms with van der Waals surface area (Å²) < 4.78 is 6.97. The predicted molar refractivity (Wildman–Crippen MR) is 87.7 cm³/mol. The van der Waals surface area contributed by atoms with Gasteiger partial charge < -0.3 is 10.1 Å². The average molecular weight is 358 g/mol. The molecule has 1 fully saturated rings. The van der Waals surface area contributed by atoms with Crippen molar-refractivity contribution >= 4 is 21.6 Å². The van der Waals surface area contributed by atoms with Crippen LogP contribution in [0.3, 0.4) is 0 Å². The molecule has 0 aliphatic heterocycles. The Labute approximate surface area is 134 Å². The summed E-state index contributed by atoms with van der Waals surface area (Å²) in [6, 6.07) is 0.441. The summed E-state index contributed by atoms with van der Waals surface area (Å²) in [4.78, 5) is 12.2. The maximum atomic E-state index is 12.2. The van der Waals surface area contributed by atoms with Crippen molar-refractivity contribution in [2.24, 2.45) is 5.92 Å². The van der Waals surface area contributed by atoms with E-state index >= 15 is 0 Å². The van der Waals surface area contributed by atoms with Crippen molar-refractivity contribution in [1.82, 2.24) is 9.78 Å². The number of methoxy groups -OCH3 is 1. The van der Waals surface area contributed by atoms with Crippen molar-refractivity contribution < 1.29 is 4.74 Å². The monoisotopic (exact) mass is 357 g/mol. The lowest BCUT2D eigenvalue weighted by Gasteiger charge is -2.30. The van der Waals surface area contributed by atoms with E-state index in [-0.39, 0.29) is 5.56 Å². The second-order valence-corrected chi connectivity index (χ2v) is 6.47. The molecule has 0 aromatic carbocycles. The lowest BCUT2D eigenvalue weighted by molar-refractivity contribution is 0.181. The van der Waals surface area contributed by atoms with E-state index in [1.165, 1.54) is 30.4 Å². The molecule has 118 valence electrons. The summed E-state index contributed by atoms with van der Waals surface area (Å²) in [5, 5.41) is 7.70. The third kappa shape index (κ3) is 4.30. The van der Waals surface area contributed by atoms with Gasteiger partial charge in [0.2, 0.25) is 0 Å². The van der Waals surface area contributed by atoms with Crippen molar-refractivity contribution in [1.29, 1.82) is 0 Å². The lowest BCUT2D eigenvalue weighted by atomic mass is 9.84. The molecule has 1 N–H and O–H groups in total. The van der Waals surface area contributed by atoms with E-state index in [0.717, 1.165) is 18.0 Å². The highest BCUT2D eigenvalue weighted by atomic mass is 79.9. The van der Waals surface area contributed by atoms with Crippen LogP contribution in [0, 0.1) is 5.92 Å². The van der Waals surface area contributed by atoms with Crippen molar-refractivity contribution in [3.8, 4) is 0 Å². The number of hydrogen-bond donors (Lipinski definition) is 1. The number of ether oxygens (including phenoxy) is 1. The summed E-state index contributed by atoms with van der Waals surface area (Å²) in [5.74, 6) is 0.796. The average Bonchev–Trinajstić information content (AvgIpc) is 2.51. The van der Waals surface area contributed by atoms with Gasteiger partial charge in [0.05, 0.1) is 25.0 Å². The minimum atomic E-state index is -0.111. The highest BCUT2D eigenvalue weighted by molar-refractivity contribution is 9.10. The predicted octanol–water partition coefficient (Wildman–Crippen LogP) is 3.03. The Hall–Kier alpha value is -0.880. The van der Waals surface area contributed by atoms with Crippen molar-refractivity contribution in [3.05, 3.63) is 21.0 Å². The van der Waals surface area contributed by atoms with E-state index < -0.39 is 0 Å². The van der Waals surface area contributed by atoms with E-state index in [2.05, 4.69) is 33.3 Å². The number of nitrogens with one attached hydrogen (secondary N) is 1. The fourth-order valence-corrected chi connectivity index (χ4v) is 3.34. The first-order chi connectivity index (χ1) is 10.2. The number of hydrogen-bond acceptors (Lipinski definition) is 4. The van der Waals surface area contributed by atoms with E-state index in [4.69, 9.17) is 4.74 Å². The van der Waals surface area contributed by atoms with E-state index in [0.29, 0.717) is 23.7 Å². The zero-order chi connectivity index (χ0) is 15.2. The minimum absolute atomic E-state index is 0.111.